The Morgan fingerprint density at radius 1 is 1.50 bits per heavy atom. The zero-order valence-corrected chi connectivity index (χ0v) is 7.71. The summed E-state index contributed by atoms with van der Waals surface area (Å²) in [5.41, 5.74) is 0. The van der Waals surface area contributed by atoms with E-state index in [1.54, 1.807) is 0 Å². The normalized spacial score (nSPS) is 29.6. The van der Waals surface area contributed by atoms with Crippen LogP contribution in [0, 0.1) is 5.92 Å². The Labute approximate surface area is 73.2 Å². The van der Waals surface area contributed by atoms with Crippen LogP contribution in [0.25, 0.3) is 0 Å². The zero-order valence-electron chi connectivity index (χ0n) is 7.71. The van der Waals surface area contributed by atoms with Gasteiger partial charge in [0.05, 0.1) is 5.92 Å². The first kappa shape index (κ1) is 9.52. The maximum atomic E-state index is 10.6. The summed E-state index contributed by atoms with van der Waals surface area (Å²) in [5.74, 6) is -0.746. The Morgan fingerprint density at radius 3 is 2.58 bits per heavy atom. The number of rotatable bonds is 3. The van der Waals surface area contributed by atoms with Gasteiger partial charge in [-0.15, -0.1) is 0 Å². The van der Waals surface area contributed by atoms with Crippen LogP contribution in [0.1, 0.15) is 33.1 Å². The van der Waals surface area contributed by atoms with E-state index in [9.17, 15) is 4.79 Å². The second kappa shape index (κ2) is 3.90. The highest BCUT2D eigenvalue weighted by Gasteiger charge is 2.29. The summed E-state index contributed by atoms with van der Waals surface area (Å²) in [6.45, 7) is 4.18. The number of carboxylic acids is 1. The van der Waals surface area contributed by atoms with Crippen LogP contribution in [0.4, 0.5) is 0 Å². The predicted molar refractivity (Wildman–Crippen MR) is 47.0 cm³/mol. The highest BCUT2D eigenvalue weighted by molar-refractivity contribution is 5.70. The Balaban J connectivity index is 2.30. The predicted octanol–water partition coefficient (Wildman–Crippen LogP) is 1.24. The maximum absolute atomic E-state index is 10.6. The van der Waals surface area contributed by atoms with Crippen molar-refractivity contribution in [2.75, 3.05) is 0 Å². The number of hydrogen-bond acceptors (Lipinski definition) is 2. The molecule has 0 aromatic heterocycles. The van der Waals surface area contributed by atoms with Gasteiger partial charge in [-0.2, -0.15) is 0 Å². The smallest absolute Gasteiger partial charge is 0.306 e. The second-order valence-electron chi connectivity index (χ2n) is 3.87. The van der Waals surface area contributed by atoms with Crippen molar-refractivity contribution in [3.8, 4) is 0 Å². The van der Waals surface area contributed by atoms with Gasteiger partial charge in [0.25, 0.3) is 0 Å². The fourth-order valence-corrected chi connectivity index (χ4v) is 1.83. The van der Waals surface area contributed by atoms with Crippen LogP contribution < -0.4 is 5.32 Å². The van der Waals surface area contributed by atoms with Gasteiger partial charge in [0.15, 0.2) is 0 Å². The van der Waals surface area contributed by atoms with Crippen LogP contribution in [0.15, 0.2) is 0 Å². The monoisotopic (exact) mass is 171 g/mol. The molecule has 2 atom stereocenters. The molecule has 1 rings (SSSR count). The lowest BCUT2D eigenvalue weighted by Crippen LogP contribution is -2.33. The second-order valence-corrected chi connectivity index (χ2v) is 3.87. The van der Waals surface area contributed by atoms with Crippen molar-refractivity contribution in [2.45, 2.75) is 45.2 Å². The summed E-state index contributed by atoms with van der Waals surface area (Å²) in [5, 5.41) is 12.1. The Morgan fingerprint density at radius 2 is 2.17 bits per heavy atom. The topological polar surface area (TPSA) is 49.3 Å². The molecule has 1 aliphatic rings. The molecule has 0 aromatic rings. The molecule has 0 aromatic carbocycles. The lowest BCUT2D eigenvalue weighted by atomic mass is 10.1. The van der Waals surface area contributed by atoms with Gasteiger partial charge in [-0.3, -0.25) is 4.79 Å². The first-order valence-electron chi connectivity index (χ1n) is 4.58. The summed E-state index contributed by atoms with van der Waals surface area (Å²) < 4.78 is 0. The number of nitrogens with one attached hydrogen (secondary N) is 1. The van der Waals surface area contributed by atoms with Crippen LogP contribution in [-0.2, 0) is 4.79 Å². The van der Waals surface area contributed by atoms with E-state index in [1.165, 1.54) is 0 Å². The van der Waals surface area contributed by atoms with Crippen molar-refractivity contribution in [3.05, 3.63) is 0 Å². The van der Waals surface area contributed by atoms with Crippen molar-refractivity contribution in [1.29, 1.82) is 0 Å². The average Bonchev–Trinajstić information content (AvgIpc) is 2.34. The third kappa shape index (κ3) is 2.48. The molecule has 0 radical (unpaired) electrons. The third-order valence-corrected chi connectivity index (χ3v) is 2.35. The largest absolute Gasteiger partial charge is 0.481 e. The molecule has 1 aliphatic carbocycles. The lowest BCUT2D eigenvalue weighted by Gasteiger charge is -2.14. The van der Waals surface area contributed by atoms with Crippen molar-refractivity contribution in [2.24, 2.45) is 5.92 Å². The van der Waals surface area contributed by atoms with Crippen LogP contribution in [0.3, 0.4) is 0 Å². The highest BCUT2D eigenvalue weighted by atomic mass is 16.4. The first-order chi connectivity index (χ1) is 5.59. The summed E-state index contributed by atoms with van der Waals surface area (Å²) in [7, 11) is 0. The Hall–Kier alpha value is -0.570. The summed E-state index contributed by atoms with van der Waals surface area (Å²) in [6, 6.07) is 0.883. The maximum Gasteiger partial charge on any atom is 0.306 e. The molecule has 3 heteroatoms. The molecule has 0 unspecified atom stereocenters. The molecule has 70 valence electrons. The number of carbonyl (C=O) groups is 1. The van der Waals surface area contributed by atoms with Gasteiger partial charge in [-0.05, 0) is 19.3 Å². The average molecular weight is 171 g/mol. The van der Waals surface area contributed by atoms with E-state index in [0.717, 1.165) is 19.3 Å². The van der Waals surface area contributed by atoms with Crippen molar-refractivity contribution < 1.29 is 9.90 Å². The SMILES string of the molecule is CC(C)N[C@H]1CC[C@@H](C(=O)O)C1. The molecule has 0 bridgehead atoms. The summed E-state index contributed by atoms with van der Waals surface area (Å²) >= 11 is 0. The third-order valence-electron chi connectivity index (χ3n) is 2.35. The minimum Gasteiger partial charge on any atom is -0.481 e. The summed E-state index contributed by atoms with van der Waals surface area (Å²) in [6.07, 6.45) is 2.64. The van der Waals surface area contributed by atoms with Crippen molar-refractivity contribution in [1.82, 2.24) is 5.32 Å². The molecule has 0 amide bonds. The molecule has 12 heavy (non-hydrogen) atoms. The van der Waals surface area contributed by atoms with Crippen LogP contribution >= 0.6 is 0 Å². The van der Waals surface area contributed by atoms with Crippen molar-refractivity contribution in [3.63, 3.8) is 0 Å². The quantitative estimate of drug-likeness (QED) is 0.671. The fraction of sp³-hybridized carbons (Fsp3) is 0.889. The molecule has 2 N–H and O–H groups in total. The number of carboxylic acid groups (broad SMARTS) is 1. The van der Waals surface area contributed by atoms with E-state index < -0.39 is 5.97 Å². The number of hydrogen-bond donors (Lipinski definition) is 2. The molecule has 1 saturated carbocycles. The van der Waals surface area contributed by atoms with Gasteiger partial charge < -0.3 is 10.4 Å². The van der Waals surface area contributed by atoms with Gasteiger partial charge in [0, 0.05) is 12.1 Å². The molecule has 3 nitrogen and oxygen atoms in total. The molecular formula is C9H17NO2. The molecule has 0 heterocycles. The van der Waals surface area contributed by atoms with Gasteiger partial charge in [0.2, 0.25) is 0 Å². The fourth-order valence-electron chi connectivity index (χ4n) is 1.83. The minimum atomic E-state index is -0.636. The molecule has 0 spiro atoms. The van der Waals surface area contributed by atoms with Crippen LogP contribution in [-0.4, -0.2) is 23.2 Å². The highest BCUT2D eigenvalue weighted by Crippen LogP contribution is 2.25. The van der Waals surface area contributed by atoms with E-state index >= 15 is 0 Å². The molecular weight excluding hydrogens is 154 g/mol. The van der Waals surface area contributed by atoms with E-state index in [2.05, 4.69) is 19.2 Å². The minimum absolute atomic E-state index is 0.110. The van der Waals surface area contributed by atoms with E-state index in [1.807, 2.05) is 0 Å². The lowest BCUT2D eigenvalue weighted by molar-refractivity contribution is -0.141. The molecule has 0 saturated heterocycles. The van der Waals surface area contributed by atoms with Crippen LogP contribution in [0.2, 0.25) is 0 Å². The number of aliphatic carboxylic acids is 1. The Kier molecular flexibility index (Phi) is 3.09. The van der Waals surface area contributed by atoms with Gasteiger partial charge in [-0.1, -0.05) is 13.8 Å². The Bertz CT molecular complexity index is 168. The van der Waals surface area contributed by atoms with Gasteiger partial charge in [-0.25, -0.2) is 0 Å². The van der Waals surface area contributed by atoms with Gasteiger partial charge >= 0.3 is 5.97 Å². The standard InChI is InChI=1S/C9H17NO2/c1-6(2)10-8-4-3-7(5-8)9(11)12/h6-8,10H,3-5H2,1-2H3,(H,11,12)/t7-,8+/m1/s1. The zero-order chi connectivity index (χ0) is 9.14. The van der Waals surface area contributed by atoms with Crippen molar-refractivity contribution >= 4 is 5.97 Å². The van der Waals surface area contributed by atoms with E-state index in [0.29, 0.717) is 12.1 Å². The van der Waals surface area contributed by atoms with E-state index in [4.69, 9.17) is 5.11 Å². The van der Waals surface area contributed by atoms with Gasteiger partial charge in [0.1, 0.15) is 0 Å². The van der Waals surface area contributed by atoms with Crippen LogP contribution in [0.5, 0.6) is 0 Å². The van der Waals surface area contributed by atoms with E-state index in [-0.39, 0.29) is 5.92 Å². The molecule has 0 aliphatic heterocycles. The first-order valence-corrected chi connectivity index (χ1v) is 4.58. The summed E-state index contributed by atoms with van der Waals surface area (Å²) in [4.78, 5) is 10.6. The molecule has 1 fully saturated rings.